The highest BCUT2D eigenvalue weighted by atomic mass is 16.5. The second-order valence-corrected chi connectivity index (χ2v) is 13.3. The fraction of sp³-hybridized carbons (Fsp3) is 0.966. The summed E-state index contributed by atoms with van der Waals surface area (Å²) in [5.41, 5.74) is 0.723. The zero-order valence-electron chi connectivity index (χ0n) is 21.7. The van der Waals surface area contributed by atoms with Crippen molar-refractivity contribution >= 4 is 5.97 Å². The molecule has 4 saturated carbocycles. The van der Waals surface area contributed by atoms with Crippen LogP contribution in [0.5, 0.6) is 0 Å². The van der Waals surface area contributed by atoms with E-state index in [0.717, 1.165) is 43.4 Å². The number of ether oxygens (including phenoxy) is 1. The fourth-order valence-electron chi connectivity index (χ4n) is 9.55. The number of hydrogen-bond acceptors (Lipinski definition) is 3. The number of rotatable bonds is 6. The van der Waals surface area contributed by atoms with Gasteiger partial charge in [-0.05, 0) is 104 Å². The molecule has 0 unspecified atom stereocenters. The van der Waals surface area contributed by atoms with Crippen molar-refractivity contribution in [1.82, 2.24) is 0 Å². The second kappa shape index (κ2) is 9.23. The quantitative estimate of drug-likeness (QED) is 0.446. The van der Waals surface area contributed by atoms with Crippen LogP contribution in [-0.4, -0.2) is 23.3 Å². The molecule has 0 bridgehead atoms. The molecule has 0 aliphatic heterocycles. The number of fused-ring (bicyclic) bond motifs is 5. The lowest BCUT2D eigenvalue weighted by Gasteiger charge is -2.62. The molecule has 3 nitrogen and oxygen atoms in total. The Kier molecular flexibility index (Phi) is 7.08. The SMILES string of the molecule is CC(=O)O[C@@H]1CC[C@@]2(C)[C@H](C1)C[C@H](O)[C@H]1[C@H]3CC[C@H]([C@H](C)CCCC(C)C)[C@]3(C)CC[C@H]12. The van der Waals surface area contributed by atoms with E-state index in [1.165, 1.54) is 51.9 Å². The summed E-state index contributed by atoms with van der Waals surface area (Å²) in [5.74, 6) is 4.61. The summed E-state index contributed by atoms with van der Waals surface area (Å²) in [5, 5.41) is 11.5. The molecule has 4 fully saturated rings. The molecule has 4 rings (SSSR count). The normalized spacial score (nSPS) is 46.8. The minimum Gasteiger partial charge on any atom is -0.463 e. The largest absolute Gasteiger partial charge is 0.463 e. The zero-order valence-corrected chi connectivity index (χ0v) is 21.7. The van der Waals surface area contributed by atoms with Crippen LogP contribution in [0.15, 0.2) is 0 Å². The summed E-state index contributed by atoms with van der Waals surface area (Å²) in [6.07, 6.45) is 13.3. The first kappa shape index (κ1) is 24.6. The molecule has 3 heteroatoms. The number of carbonyl (C=O) groups is 1. The third kappa shape index (κ3) is 4.29. The number of aliphatic hydroxyl groups is 1. The van der Waals surface area contributed by atoms with Crippen LogP contribution in [0.1, 0.15) is 112 Å². The first-order valence-corrected chi connectivity index (χ1v) is 13.9. The number of hydrogen-bond donors (Lipinski definition) is 1. The summed E-state index contributed by atoms with van der Waals surface area (Å²) in [6, 6.07) is 0. The van der Waals surface area contributed by atoms with Crippen LogP contribution >= 0.6 is 0 Å². The van der Waals surface area contributed by atoms with Crippen LogP contribution in [-0.2, 0) is 9.53 Å². The molecular formula is C29H50O3. The van der Waals surface area contributed by atoms with Gasteiger partial charge in [0.1, 0.15) is 6.10 Å². The molecular weight excluding hydrogens is 396 g/mol. The van der Waals surface area contributed by atoms with Crippen molar-refractivity contribution < 1.29 is 14.6 Å². The van der Waals surface area contributed by atoms with Crippen LogP contribution < -0.4 is 0 Å². The predicted molar refractivity (Wildman–Crippen MR) is 130 cm³/mol. The topological polar surface area (TPSA) is 46.5 Å². The van der Waals surface area contributed by atoms with Gasteiger partial charge in [-0.3, -0.25) is 4.79 Å². The van der Waals surface area contributed by atoms with Crippen molar-refractivity contribution in [2.75, 3.05) is 0 Å². The maximum absolute atomic E-state index is 11.5. The molecule has 4 aliphatic carbocycles. The Morgan fingerprint density at radius 2 is 1.66 bits per heavy atom. The Hall–Kier alpha value is -0.570. The zero-order chi connectivity index (χ0) is 23.3. The molecule has 32 heavy (non-hydrogen) atoms. The monoisotopic (exact) mass is 446 g/mol. The van der Waals surface area contributed by atoms with Crippen LogP contribution in [0.2, 0.25) is 0 Å². The first-order valence-electron chi connectivity index (χ1n) is 13.9. The van der Waals surface area contributed by atoms with E-state index in [4.69, 9.17) is 4.74 Å². The standard InChI is InChI=1S/C29H50O3/c1-18(2)8-7-9-19(3)23-10-11-24-27-25(13-15-29(23,24)6)28(5)14-12-22(32-20(4)30)16-21(28)17-26(27)31/h18-19,21-27,31H,7-17H2,1-6H3/t19-,21-,22-,23-,24-,25-,26+,27+,28+,29+/m1/s1. The fourth-order valence-corrected chi connectivity index (χ4v) is 9.55. The lowest BCUT2D eigenvalue weighted by atomic mass is 9.43. The smallest absolute Gasteiger partial charge is 0.302 e. The van der Waals surface area contributed by atoms with Crippen molar-refractivity contribution in [3.05, 3.63) is 0 Å². The highest BCUT2D eigenvalue weighted by Gasteiger charge is 2.63. The molecule has 0 radical (unpaired) electrons. The van der Waals surface area contributed by atoms with Gasteiger partial charge >= 0.3 is 5.97 Å². The van der Waals surface area contributed by atoms with Crippen LogP contribution in [0.25, 0.3) is 0 Å². The third-order valence-electron chi connectivity index (χ3n) is 11.2. The van der Waals surface area contributed by atoms with Gasteiger partial charge < -0.3 is 9.84 Å². The van der Waals surface area contributed by atoms with Crippen molar-refractivity contribution in [3.63, 3.8) is 0 Å². The van der Waals surface area contributed by atoms with E-state index in [1.54, 1.807) is 0 Å². The molecule has 1 N–H and O–H groups in total. The van der Waals surface area contributed by atoms with Crippen molar-refractivity contribution in [1.29, 1.82) is 0 Å². The Morgan fingerprint density at radius 1 is 0.969 bits per heavy atom. The van der Waals surface area contributed by atoms with Crippen molar-refractivity contribution in [2.24, 2.45) is 52.3 Å². The van der Waals surface area contributed by atoms with Gasteiger partial charge in [-0.15, -0.1) is 0 Å². The summed E-state index contributed by atoms with van der Waals surface area (Å²) in [7, 11) is 0. The Morgan fingerprint density at radius 3 is 2.34 bits per heavy atom. The van der Waals surface area contributed by atoms with E-state index in [2.05, 4.69) is 34.6 Å². The Bertz CT molecular complexity index is 673. The summed E-state index contributed by atoms with van der Waals surface area (Å²) >= 11 is 0. The summed E-state index contributed by atoms with van der Waals surface area (Å²) in [6.45, 7) is 13.9. The molecule has 184 valence electrons. The highest BCUT2D eigenvalue weighted by Crippen LogP contribution is 2.68. The number of aliphatic hydroxyl groups excluding tert-OH is 1. The van der Waals surface area contributed by atoms with E-state index < -0.39 is 0 Å². The van der Waals surface area contributed by atoms with Gasteiger partial charge in [-0.2, -0.15) is 0 Å². The van der Waals surface area contributed by atoms with Gasteiger partial charge in [0.05, 0.1) is 6.10 Å². The lowest BCUT2D eigenvalue weighted by molar-refractivity contribution is -0.182. The van der Waals surface area contributed by atoms with Gasteiger partial charge in [-0.1, -0.05) is 53.9 Å². The predicted octanol–water partition coefficient (Wildman–Crippen LogP) is 7.01. The molecule has 0 spiro atoms. The van der Waals surface area contributed by atoms with Gasteiger partial charge in [-0.25, -0.2) is 0 Å². The maximum atomic E-state index is 11.5. The maximum Gasteiger partial charge on any atom is 0.302 e. The van der Waals surface area contributed by atoms with Gasteiger partial charge in [0, 0.05) is 6.92 Å². The Balaban J connectivity index is 1.48. The second-order valence-electron chi connectivity index (χ2n) is 13.3. The van der Waals surface area contributed by atoms with Crippen LogP contribution in [0.3, 0.4) is 0 Å². The average Bonchev–Trinajstić information content (AvgIpc) is 3.05. The van der Waals surface area contributed by atoms with Crippen molar-refractivity contribution in [3.8, 4) is 0 Å². The number of carbonyl (C=O) groups excluding carboxylic acids is 1. The van der Waals surface area contributed by atoms with E-state index in [0.29, 0.717) is 34.5 Å². The van der Waals surface area contributed by atoms with E-state index in [-0.39, 0.29) is 18.2 Å². The molecule has 4 aliphatic rings. The minimum atomic E-state index is -0.172. The van der Waals surface area contributed by atoms with Gasteiger partial charge in [0.2, 0.25) is 0 Å². The van der Waals surface area contributed by atoms with E-state index in [1.807, 2.05) is 0 Å². The molecule has 0 aromatic carbocycles. The molecule has 0 saturated heterocycles. The van der Waals surface area contributed by atoms with Crippen molar-refractivity contribution in [2.45, 2.75) is 124 Å². The molecule has 0 aromatic heterocycles. The molecule has 0 heterocycles. The lowest BCUT2D eigenvalue weighted by Crippen LogP contribution is -2.58. The minimum absolute atomic E-state index is 0.0609. The van der Waals surface area contributed by atoms with E-state index >= 15 is 0 Å². The van der Waals surface area contributed by atoms with Gasteiger partial charge in [0.25, 0.3) is 0 Å². The molecule has 0 aromatic rings. The number of esters is 1. The average molecular weight is 447 g/mol. The highest BCUT2D eigenvalue weighted by molar-refractivity contribution is 5.66. The van der Waals surface area contributed by atoms with Crippen LogP contribution in [0.4, 0.5) is 0 Å². The molecule has 10 atom stereocenters. The summed E-state index contributed by atoms with van der Waals surface area (Å²) < 4.78 is 5.61. The van der Waals surface area contributed by atoms with Crippen LogP contribution in [0, 0.1) is 52.3 Å². The molecule has 0 amide bonds. The summed E-state index contributed by atoms with van der Waals surface area (Å²) in [4.78, 5) is 11.5. The first-order chi connectivity index (χ1) is 15.1. The van der Waals surface area contributed by atoms with Gasteiger partial charge in [0.15, 0.2) is 0 Å². The Labute approximate surface area is 197 Å². The van der Waals surface area contributed by atoms with E-state index in [9.17, 15) is 9.90 Å². The third-order valence-corrected chi connectivity index (χ3v) is 11.2.